The maximum atomic E-state index is 11.9. The zero-order valence-corrected chi connectivity index (χ0v) is 21.4. The summed E-state index contributed by atoms with van der Waals surface area (Å²) in [5, 5.41) is 18.4. The standard InChI is InChI=1S/C11H14BrN2O8P.C8H12N2O3/c12-2-1-6-4-14(11(17)13-10(6)16)9-3-7(15)8(22-9)5-21-23(18,19)20;1-5-6(3-2-4-11)9-8(13)10-7(5)12/h1-2,4,7-9,15H,3,5H2,(H,13,16,17)(H2,18,19,20);11H,2-4H2,1H3,(H2,9,10,12,13)/b2-1+;/t7-,8+,9-;/m1./s1. The third-order valence-electron chi connectivity index (χ3n) is 5.03. The number of nitrogens with one attached hydrogen (secondary N) is 3. The Kier molecular flexibility index (Phi) is 10.9. The number of hydrogen-bond acceptors (Lipinski definition) is 9. The lowest BCUT2D eigenvalue weighted by Crippen LogP contribution is -2.33. The number of H-pyrrole nitrogens is 3. The second-order valence-electron chi connectivity index (χ2n) is 7.60. The predicted octanol–water partition coefficient (Wildman–Crippen LogP) is -1.04. The van der Waals surface area contributed by atoms with Gasteiger partial charge in [-0.3, -0.25) is 28.6 Å². The van der Waals surface area contributed by atoms with Crippen molar-refractivity contribution in [3.63, 3.8) is 0 Å². The van der Waals surface area contributed by atoms with Gasteiger partial charge >= 0.3 is 19.2 Å². The van der Waals surface area contributed by atoms with Crippen molar-refractivity contribution < 1.29 is 33.8 Å². The maximum absolute atomic E-state index is 11.9. The van der Waals surface area contributed by atoms with Crippen LogP contribution in [0.5, 0.6) is 0 Å². The van der Waals surface area contributed by atoms with Crippen LogP contribution in [0, 0.1) is 6.92 Å². The molecule has 15 nitrogen and oxygen atoms in total. The summed E-state index contributed by atoms with van der Waals surface area (Å²) in [4.78, 5) is 70.9. The highest BCUT2D eigenvalue weighted by Gasteiger charge is 2.37. The van der Waals surface area contributed by atoms with E-state index in [9.17, 15) is 28.8 Å². The van der Waals surface area contributed by atoms with Gasteiger partial charge in [0.25, 0.3) is 11.1 Å². The van der Waals surface area contributed by atoms with Crippen molar-refractivity contribution in [2.24, 2.45) is 0 Å². The van der Waals surface area contributed by atoms with Crippen molar-refractivity contribution in [2.45, 2.75) is 44.6 Å². The van der Waals surface area contributed by atoms with Crippen LogP contribution in [0.4, 0.5) is 0 Å². The first-order chi connectivity index (χ1) is 16.9. The number of halogens is 1. The summed E-state index contributed by atoms with van der Waals surface area (Å²) in [6.45, 7) is 1.16. The van der Waals surface area contributed by atoms with E-state index in [0.717, 1.165) is 4.57 Å². The molecule has 0 saturated carbocycles. The molecular formula is C19H26BrN4O11P. The molecule has 7 N–H and O–H groups in total. The molecule has 2 aromatic rings. The van der Waals surface area contributed by atoms with Gasteiger partial charge in [0.1, 0.15) is 12.3 Å². The molecule has 3 heterocycles. The zero-order valence-electron chi connectivity index (χ0n) is 18.9. The van der Waals surface area contributed by atoms with Gasteiger partial charge in [0, 0.05) is 30.5 Å². The molecule has 3 rings (SSSR count). The number of nitrogens with zero attached hydrogens (tertiary/aromatic N) is 1. The molecule has 0 aliphatic carbocycles. The Bertz CT molecular complexity index is 1340. The number of ether oxygens (including phenoxy) is 1. The SMILES string of the molecule is Cc1c(CCCO)[nH]c(=O)[nH]c1=O.O=c1[nH]c(=O)n([C@H]2C[C@@H](O)[C@H](COP(=O)(O)O)O2)cc1/C=C/Br. The van der Waals surface area contributed by atoms with E-state index < -0.39 is 49.8 Å². The number of aryl methyl sites for hydroxylation is 1. The molecule has 0 unspecified atom stereocenters. The average Bonchev–Trinajstić information content (AvgIpc) is 3.16. The van der Waals surface area contributed by atoms with E-state index in [1.54, 1.807) is 6.92 Å². The van der Waals surface area contributed by atoms with E-state index in [4.69, 9.17) is 19.6 Å². The highest BCUT2D eigenvalue weighted by atomic mass is 79.9. The fourth-order valence-corrected chi connectivity index (χ4v) is 3.84. The van der Waals surface area contributed by atoms with E-state index >= 15 is 0 Å². The van der Waals surface area contributed by atoms with Gasteiger partial charge < -0.3 is 29.7 Å². The van der Waals surface area contributed by atoms with E-state index in [1.165, 1.54) is 17.3 Å². The quantitative estimate of drug-likeness (QED) is 0.181. The van der Waals surface area contributed by atoms with E-state index in [2.05, 4.69) is 35.4 Å². The van der Waals surface area contributed by atoms with Crippen LogP contribution in [0.25, 0.3) is 6.08 Å². The number of phosphoric acid groups is 1. The molecule has 17 heteroatoms. The van der Waals surface area contributed by atoms with Gasteiger partial charge in [-0.25, -0.2) is 14.2 Å². The lowest BCUT2D eigenvalue weighted by atomic mass is 10.1. The van der Waals surface area contributed by atoms with E-state index in [-0.39, 0.29) is 24.2 Å². The number of aliphatic hydroxyl groups is 2. The third kappa shape index (κ3) is 8.60. The molecule has 1 aliphatic rings. The summed E-state index contributed by atoms with van der Waals surface area (Å²) in [5.74, 6) is 0. The summed E-state index contributed by atoms with van der Waals surface area (Å²) in [7, 11) is -4.69. The van der Waals surface area contributed by atoms with Gasteiger partial charge in [-0.15, -0.1) is 0 Å². The minimum absolute atomic E-state index is 0.00139. The Morgan fingerprint density at radius 2 is 1.92 bits per heavy atom. The fraction of sp³-hybridized carbons (Fsp3) is 0.474. The van der Waals surface area contributed by atoms with Gasteiger partial charge in [-0.2, -0.15) is 0 Å². The summed E-state index contributed by atoms with van der Waals surface area (Å²) in [6, 6.07) is 0. The van der Waals surface area contributed by atoms with Gasteiger partial charge in [-0.1, -0.05) is 15.9 Å². The van der Waals surface area contributed by atoms with Crippen LogP contribution >= 0.6 is 23.8 Å². The van der Waals surface area contributed by atoms with Crippen LogP contribution < -0.4 is 22.5 Å². The molecule has 1 aliphatic heterocycles. The number of aliphatic hydroxyl groups excluding tert-OH is 2. The summed E-state index contributed by atoms with van der Waals surface area (Å²) >= 11 is 3.02. The molecule has 0 bridgehead atoms. The topological polar surface area (TPSA) is 237 Å². The molecule has 200 valence electrons. The molecule has 3 atom stereocenters. The monoisotopic (exact) mass is 596 g/mol. The molecule has 36 heavy (non-hydrogen) atoms. The van der Waals surface area contributed by atoms with Crippen LogP contribution in [0.3, 0.4) is 0 Å². The van der Waals surface area contributed by atoms with Crippen molar-refractivity contribution in [1.29, 1.82) is 0 Å². The number of aromatic amines is 3. The maximum Gasteiger partial charge on any atom is 0.469 e. The molecule has 1 fully saturated rings. The summed E-state index contributed by atoms with van der Waals surface area (Å²) in [6.07, 6.45) is 0.751. The number of aromatic nitrogens is 4. The molecule has 0 amide bonds. The lowest BCUT2D eigenvalue weighted by molar-refractivity contribution is -0.0451. The second-order valence-corrected chi connectivity index (χ2v) is 9.37. The largest absolute Gasteiger partial charge is 0.469 e. The van der Waals surface area contributed by atoms with Crippen molar-refractivity contribution in [2.75, 3.05) is 13.2 Å². The van der Waals surface area contributed by atoms with Gasteiger partial charge in [0.2, 0.25) is 0 Å². The zero-order chi connectivity index (χ0) is 27.0. The number of phosphoric ester groups is 1. The first-order valence-corrected chi connectivity index (χ1v) is 12.9. The highest BCUT2D eigenvalue weighted by molar-refractivity contribution is 9.11. The molecule has 0 spiro atoms. The molecule has 1 saturated heterocycles. The Balaban J connectivity index is 0.000000297. The minimum atomic E-state index is -4.69. The Morgan fingerprint density at radius 3 is 2.53 bits per heavy atom. The predicted molar refractivity (Wildman–Crippen MR) is 130 cm³/mol. The number of rotatable bonds is 8. The summed E-state index contributed by atoms with van der Waals surface area (Å²) in [5.41, 5.74) is -0.872. The Labute approximate surface area is 210 Å². The molecule has 0 radical (unpaired) electrons. The van der Waals surface area contributed by atoms with Gasteiger partial charge in [-0.05, 0) is 30.8 Å². The van der Waals surface area contributed by atoms with Crippen LogP contribution in [-0.2, 0) is 20.2 Å². The fourth-order valence-electron chi connectivity index (χ4n) is 3.21. The second kappa shape index (κ2) is 13.2. The Hall–Kier alpha value is -2.43. The van der Waals surface area contributed by atoms with E-state index in [0.29, 0.717) is 24.1 Å². The number of hydrogen-bond donors (Lipinski definition) is 7. The summed E-state index contributed by atoms with van der Waals surface area (Å²) < 4.78 is 21.5. The molecule has 2 aromatic heterocycles. The third-order valence-corrected chi connectivity index (χ3v) is 5.78. The van der Waals surface area contributed by atoms with Crippen LogP contribution in [0.1, 0.15) is 35.9 Å². The lowest BCUT2D eigenvalue weighted by Gasteiger charge is -2.16. The minimum Gasteiger partial charge on any atom is -0.396 e. The first-order valence-electron chi connectivity index (χ1n) is 10.4. The van der Waals surface area contributed by atoms with Crippen molar-refractivity contribution in [3.05, 3.63) is 69.7 Å². The van der Waals surface area contributed by atoms with Crippen LogP contribution in [0.15, 0.2) is 30.4 Å². The van der Waals surface area contributed by atoms with Crippen molar-refractivity contribution in [1.82, 2.24) is 19.5 Å². The van der Waals surface area contributed by atoms with Gasteiger partial charge in [0.05, 0.1) is 18.3 Å². The van der Waals surface area contributed by atoms with Crippen LogP contribution in [-0.4, -0.2) is 64.9 Å². The highest BCUT2D eigenvalue weighted by Crippen LogP contribution is 2.38. The smallest absolute Gasteiger partial charge is 0.396 e. The van der Waals surface area contributed by atoms with Crippen LogP contribution in [0.2, 0.25) is 0 Å². The molecular weight excluding hydrogens is 571 g/mol. The van der Waals surface area contributed by atoms with E-state index in [1.807, 2.05) is 0 Å². The van der Waals surface area contributed by atoms with Crippen molar-refractivity contribution >= 4 is 29.8 Å². The average molecular weight is 597 g/mol. The normalized spacial score (nSPS) is 19.9. The van der Waals surface area contributed by atoms with Gasteiger partial charge in [0.15, 0.2) is 0 Å². The first kappa shape index (κ1) is 29.8. The molecule has 0 aromatic carbocycles. The van der Waals surface area contributed by atoms with Crippen molar-refractivity contribution in [3.8, 4) is 0 Å². The Morgan fingerprint density at radius 1 is 1.22 bits per heavy atom.